The second kappa shape index (κ2) is 21.2. The molecule has 0 fully saturated rings. The number of phenolic OH excluding ortho intramolecular Hbond substituents is 2. The van der Waals surface area contributed by atoms with Gasteiger partial charge < -0.3 is 41.5 Å². The number of aromatic hydroxyl groups is 2. The molecule has 0 unspecified atom stereocenters. The molecule has 0 aliphatic heterocycles. The average molecular weight is 729 g/mol. The van der Waals surface area contributed by atoms with Crippen LogP contribution in [0.1, 0.15) is 91.2 Å². The van der Waals surface area contributed by atoms with Crippen molar-refractivity contribution in [3.63, 3.8) is 0 Å². The van der Waals surface area contributed by atoms with Gasteiger partial charge in [0.2, 0.25) is 17.7 Å². The standard InChI is InChI=1S/C39H60N4O9/c1-7-9-17-41-36(49)25(3)19-33(46)31(22-26-13-11-15-28(44)20-26)43(38(51)52-39(4,5)6)32(23-27-14-12-16-29(45)21-27)34(47)24-30(35(40)48)37(50)42-18-10-8-2/h11-16,20-21,25,30-34,44-47H,7-10,17-19,22-24H2,1-6H3,(H2,40,48)(H,41,49)(H,42,50)/t25-,30-,31+,32+,33+,34+/m1/s1. The van der Waals surface area contributed by atoms with Gasteiger partial charge in [-0.2, -0.15) is 0 Å². The first-order valence-corrected chi connectivity index (χ1v) is 18.2. The van der Waals surface area contributed by atoms with Gasteiger partial charge in [-0.05, 0) is 94.7 Å². The molecule has 4 amide bonds. The zero-order valence-corrected chi connectivity index (χ0v) is 31.5. The monoisotopic (exact) mass is 728 g/mol. The number of nitrogens with one attached hydrogen (secondary N) is 2. The fourth-order valence-corrected chi connectivity index (χ4v) is 5.97. The Kier molecular flexibility index (Phi) is 17.9. The van der Waals surface area contributed by atoms with Gasteiger partial charge in [-0.25, -0.2) is 4.79 Å². The molecule has 0 aliphatic rings. The number of unbranched alkanes of at least 4 members (excludes halogenated alkanes) is 2. The third-order valence-electron chi connectivity index (χ3n) is 8.76. The number of carbonyl (C=O) groups excluding carboxylic acids is 4. The number of amides is 4. The molecule has 52 heavy (non-hydrogen) atoms. The third-order valence-corrected chi connectivity index (χ3v) is 8.76. The van der Waals surface area contributed by atoms with Crippen LogP contribution < -0.4 is 16.4 Å². The van der Waals surface area contributed by atoms with Crippen molar-refractivity contribution >= 4 is 23.8 Å². The minimum atomic E-state index is -1.59. The highest BCUT2D eigenvalue weighted by atomic mass is 16.6. The van der Waals surface area contributed by atoms with Crippen molar-refractivity contribution < 1.29 is 44.3 Å². The zero-order chi connectivity index (χ0) is 39.0. The van der Waals surface area contributed by atoms with Gasteiger partial charge in [0.1, 0.15) is 23.0 Å². The summed E-state index contributed by atoms with van der Waals surface area (Å²) in [4.78, 5) is 54.4. The van der Waals surface area contributed by atoms with Crippen LogP contribution in [0.15, 0.2) is 48.5 Å². The Morgan fingerprint density at radius 1 is 0.788 bits per heavy atom. The van der Waals surface area contributed by atoms with Crippen LogP contribution in [0.4, 0.5) is 4.79 Å². The molecule has 6 atom stereocenters. The van der Waals surface area contributed by atoms with Gasteiger partial charge in [0.25, 0.3) is 0 Å². The molecule has 0 radical (unpaired) electrons. The SMILES string of the molecule is CCCCNC(=O)[C@H](C[C@H](O)[C@H](Cc1cccc(O)c1)N(C(=O)OC(C)(C)C)[C@@H](Cc1cccc(O)c1)[C@@H](O)C[C@@H](C)C(=O)NCCCC)C(N)=O. The molecular formula is C39H60N4O9. The number of phenols is 2. The van der Waals surface area contributed by atoms with E-state index in [0.717, 1.165) is 19.3 Å². The first-order chi connectivity index (χ1) is 24.5. The van der Waals surface area contributed by atoms with Gasteiger partial charge in [0, 0.05) is 19.0 Å². The Morgan fingerprint density at radius 2 is 1.25 bits per heavy atom. The van der Waals surface area contributed by atoms with Crippen LogP contribution in [0.2, 0.25) is 0 Å². The Balaban J connectivity index is 2.76. The lowest BCUT2D eigenvalue weighted by molar-refractivity contribution is -0.135. The molecule has 2 rings (SSSR count). The lowest BCUT2D eigenvalue weighted by Crippen LogP contribution is -2.59. The van der Waals surface area contributed by atoms with Crippen molar-refractivity contribution in [2.75, 3.05) is 13.1 Å². The zero-order valence-electron chi connectivity index (χ0n) is 31.5. The third kappa shape index (κ3) is 14.7. The lowest BCUT2D eigenvalue weighted by atomic mass is 9.87. The fourth-order valence-electron chi connectivity index (χ4n) is 5.97. The number of rotatable bonds is 21. The molecule has 0 bridgehead atoms. The summed E-state index contributed by atoms with van der Waals surface area (Å²) in [7, 11) is 0. The van der Waals surface area contributed by atoms with Gasteiger partial charge in [-0.3, -0.25) is 19.3 Å². The number of primary amides is 1. The van der Waals surface area contributed by atoms with Gasteiger partial charge in [-0.15, -0.1) is 0 Å². The summed E-state index contributed by atoms with van der Waals surface area (Å²) in [6.45, 7) is 11.4. The van der Waals surface area contributed by atoms with Crippen molar-refractivity contribution in [2.24, 2.45) is 17.6 Å². The molecule has 2 aromatic carbocycles. The van der Waals surface area contributed by atoms with E-state index in [4.69, 9.17) is 10.5 Å². The minimum absolute atomic E-state index is 0.0427. The first kappa shape index (κ1) is 43.8. The van der Waals surface area contributed by atoms with E-state index in [9.17, 15) is 39.6 Å². The Labute approximate surface area is 307 Å². The number of ether oxygens (including phenoxy) is 1. The van der Waals surface area contributed by atoms with Crippen LogP contribution in [0.25, 0.3) is 0 Å². The maximum Gasteiger partial charge on any atom is 0.410 e. The van der Waals surface area contributed by atoms with Crippen molar-refractivity contribution in [1.29, 1.82) is 0 Å². The molecule has 0 heterocycles. The number of hydrogen-bond donors (Lipinski definition) is 7. The summed E-state index contributed by atoms with van der Waals surface area (Å²) in [6, 6.07) is 10.1. The quantitative estimate of drug-likeness (QED) is 0.0732. The largest absolute Gasteiger partial charge is 0.508 e. The number of aliphatic hydroxyl groups is 2. The van der Waals surface area contributed by atoms with Crippen molar-refractivity contribution in [2.45, 2.75) is 123 Å². The highest BCUT2D eigenvalue weighted by molar-refractivity contribution is 5.99. The molecule has 0 spiro atoms. The number of benzene rings is 2. The summed E-state index contributed by atoms with van der Waals surface area (Å²) in [6.07, 6.45) is -1.45. The topological polar surface area (TPSA) is 212 Å². The maximum atomic E-state index is 14.4. The minimum Gasteiger partial charge on any atom is -0.508 e. The molecule has 8 N–H and O–H groups in total. The molecule has 0 saturated heterocycles. The van der Waals surface area contributed by atoms with Gasteiger partial charge in [0.15, 0.2) is 0 Å². The van der Waals surface area contributed by atoms with Crippen LogP contribution in [-0.4, -0.2) is 92.1 Å². The predicted octanol–water partition coefficient (Wildman–Crippen LogP) is 3.93. The second-order valence-electron chi connectivity index (χ2n) is 14.5. The maximum absolute atomic E-state index is 14.4. The summed E-state index contributed by atoms with van der Waals surface area (Å²) in [5.74, 6) is -4.17. The molecule has 13 nitrogen and oxygen atoms in total. The number of nitrogens with two attached hydrogens (primary N) is 1. The van der Waals surface area contributed by atoms with Gasteiger partial charge in [-0.1, -0.05) is 57.9 Å². The molecule has 0 aliphatic carbocycles. The summed E-state index contributed by atoms with van der Waals surface area (Å²) in [5, 5.41) is 50.3. The molecular weight excluding hydrogens is 668 g/mol. The van der Waals surface area contributed by atoms with E-state index in [1.165, 1.54) is 29.2 Å². The number of hydrogen-bond acceptors (Lipinski definition) is 9. The lowest BCUT2D eigenvalue weighted by Gasteiger charge is -2.43. The van der Waals surface area contributed by atoms with Crippen molar-refractivity contribution in [1.82, 2.24) is 15.5 Å². The molecule has 13 heteroatoms. The number of nitrogens with zero attached hydrogens (tertiary/aromatic N) is 1. The normalized spacial score (nSPS) is 15.0. The van der Waals surface area contributed by atoms with E-state index in [1.807, 2.05) is 13.8 Å². The fraction of sp³-hybridized carbons (Fsp3) is 0.590. The van der Waals surface area contributed by atoms with Gasteiger partial charge in [0.05, 0.1) is 24.3 Å². The second-order valence-corrected chi connectivity index (χ2v) is 14.5. The highest BCUT2D eigenvalue weighted by Gasteiger charge is 2.43. The van der Waals surface area contributed by atoms with Crippen molar-refractivity contribution in [3.8, 4) is 11.5 Å². The number of carbonyl (C=O) groups is 4. The van der Waals surface area contributed by atoms with E-state index < -0.39 is 66.1 Å². The van der Waals surface area contributed by atoms with Crippen LogP contribution in [0.3, 0.4) is 0 Å². The highest BCUT2D eigenvalue weighted by Crippen LogP contribution is 2.29. The van der Waals surface area contributed by atoms with Crippen LogP contribution >= 0.6 is 0 Å². The van der Waals surface area contributed by atoms with Crippen molar-refractivity contribution in [3.05, 3.63) is 59.7 Å². The molecule has 2 aromatic rings. The summed E-state index contributed by atoms with van der Waals surface area (Å²) in [5.41, 5.74) is 5.68. The summed E-state index contributed by atoms with van der Waals surface area (Å²) < 4.78 is 5.88. The molecule has 0 saturated carbocycles. The Bertz CT molecular complexity index is 1450. The van der Waals surface area contributed by atoms with Crippen LogP contribution in [0.5, 0.6) is 11.5 Å². The molecule has 290 valence electrons. The smallest absolute Gasteiger partial charge is 0.410 e. The van der Waals surface area contributed by atoms with E-state index in [2.05, 4.69) is 10.6 Å². The van der Waals surface area contributed by atoms with E-state index >= 15 is 0 Å². The predicted molar refractivity (Wildman–Crippen MR) is 198 cm³/mol. The summed E-state index contributed by atoms with van der Waals surface area (Å²) >= 11 is 0. The van der Waals surface area contributed by atoms with E-state index in [0.29, 0.717) is 30.6 Å². The average Bonchev–Trinajstić information content (AvgIpc) is 3.05. The Morgan fingerprint density at radius 3 is 1.67 bits per heavy atom. The van der Waals surface area contributed by atoms with Gasteiger partial charge >= 0.3 is 6.09 Å². The van der Waals surface area contributed by atoms with E-state index in [1.54, 1.807) is 52.0 Å². The van der Waals surface area contributed by atoms with Crippen LogP contribution in [-0.2, 0) is 32.0 Å². The Hall–Kier alpha value is -4.36. The molecule has 0 aromatic heterocycles. The van der Waals surface area contributed by atoms with Crippen LogP contribution in [0, 0.1) is 11.8 Å². The van der Waals surface area contributed by atoms with E-state index in [-0.39, 0.29) is 36.7 Å². The number of aliphatic hydroxyl groups excluding tert-OH is 2. The first-order valence-electron chi connectivity index (χ1n) is 18.2.